The fraction of sp³-hybridized carbons (Fsp3) is 0.391. The van der Waals surface area contributed by atoms with Gasteiger partial charge in [-0.05, 0) is 37.3 Å². The van der Waals surface area contributed by atoms with Crippen LogP contribution in [0, 0.1) is 17.0 Å². The van der Waals surface area contributed by atoms with E-state index in [2.05, 4.69) is 9.97 Å². The Bertz CT molecular complexity index is 1240. The van der Waals surface area contributed by atoms with E-state index in [0.29, 0.717) is 28.6 Å². The molecule has 0 aliphatic heterocycles. The van der Waals surface area contributed by atoms with E-state index in [9.17, 15) is 22.4 Å². The zero-order chi connectivity index (χ0) is 22.0. The van der Waals surface area contributed by atoms with Gasteiger partial charge in [-0.25, -0.2) is 13.2 Å². The first-order valence-corrected chi connectivity index (χ1v) is 10.1. The lowest BCUT2D eigenvalue weighted by atomic mass is 9.63. The van der Waals surface area contributed by atoms with Crippen molar-refractivity contribution in [3.05, 3.63) is 69.8 Å². The maximum absolute atomic E-state index is 14.7. The van der Waals surface area contributed by atoms with Crippen LogP contribution >= 0.6 is 0 Å². The van der Waals surface area contributed by atoms with Gasteiger partial charge in [0.1, 0.15) is 0 Å². The van der Waals surface area contributed by atoms with E-state index in [4.69, 9.17) is 4.74 Å². The van der Waals surface area contributed by atoms with Gasteiger partial charge in [0.05, 0.1) is 18.0 Å². The standard InChI is InChI=1S/C23H20F4N2O2/c1-31-21-12(2-3-16(24)20(21)25)13-9-22(5-6-23(22,26)27)10-14(13)18-8-19(30)15-11-28-7-4-17(15)29-18/h2-4,7-8,11,13-14H,5-6,9-10H2,1H3,(H,29,30)/t13?,14?,22-/m0/s1. The van der Waals surface area contributed by atoms with Crippen LogP contribution in [0.25, 0.3) is 10.9 Å². The number of hydrogen-bond donors (Lipinski definition) is 1. The highest BCUT2D eigenvalue weighted by atomic mass is 19.3. The van der Waals surface area contributed by atoms with E-state index in [1.807, 2.05) is 0 Å². The summed E-state index contributed by atoms with van der Waals surface area (Å²) >= 11 is 0. The molecule has 2 aliphatic rings. The topological polar surface area (TPSA) is 55.0 Å². The number of H-pyrrole nitrogens is 1. The van der Waals surface area contributed by atoms with Crippen molar-refractivity contribution in [3.8, 4) is 5.75 Å². The van der Waals surface area contributed by atoms with E-state index in [0.717, 1.165) is 6.07 Å². The molecule has 162 valence electrons. The van der Waals surface area contributed by atoms with E-state index in [1.54, 1.807) is 6.07 Å². The first-order chi connectivity index (χ1) is 14.8. The Morgan fingerprint density at radius 1 is 1.13 bits per heavy atom. The average Bonchev–Trinajstić information content (AvgIpc) is 3.18. The highest BCUT2D eigenvalue weighted by Gasteiger charge is 2.66. The monoisotopic (exact) mass is 432 g/mol. The van der Waals surface area contributed by atoms with Crippen molar-refractivity contribution < 1.29 is 22.3 Å². The van der Waals surface area contributed by atoms with Crippen LogP contribution in [-0.2, 0) is 0 Å². The minimum absolute atomic E-state index is 0.0997. The van der Waals surface area contributed by atoms with E-state index in [-0.39, 0.29) is 30.4 Å². The van der Waals surface area contributed by atoms with Crippen LogP contribution in [0.3, 0.4) is 0 Å². The number of halogens is 4. The van der Waals surface area contributed by atoms with Crippen LogP contribution in [0.1, 0.15) is 48.8 Å². The molecule has 5 rings (SSSR count). The SMILES string of the molecule is COc1c(C2C[C@@]3(CCC3(F)F)CC2c2cc(=O)c3cnccc3[nH]2)ccc(F)c1F. The summed E-state index contributed by atoms with van der Waals surface area (Å²) in [6.07, 6.45) is 3.38. The van der Waals surface area contributed by atoms with Crippen LogP contribution in [0.2, 0.25) is 0 Å². The smallest absolute Gasteiger partial charge is 0.253 e. The molecule has 2 saturated carbocycles. The molecule has 0 radical (unpaired) electrons. The Balaban J connectivity index is 1.68. The molecular formula is C23H20F4N2O2. The second-order valence-electron chi connectivity index (χ2n) is 8.60. The van der Waals surface area contributed by atoms with Gasteiger partial charge in [0.2, 0.25) is 5.82 Å². The highest BCUT2D eigenvalue weighted by molar-refractivity contribution is 5.77. The molecule has 31 heavy (non-hydrogen) atoms. The maximum atomic E-state index is 14.7. The number of fused-ring (bicyclic) bond motifs is 1. The molecule has 1 spiro atoms. The molecule has 1 N–H and O–H groups in total. The normalized spacial score (nSPS) is 26.9. The molecule has 0 amide bonds. The molecule has 0 saturated heterocycles. The van der Waals surface area contributed by atoms with Gasteiger partial charge in [-0.2, -0.15) is 4.39 Å². The van der Waals surface area contributed by atoms with E-state index in [1.165, 1.54) is 31.6 Å². The molecule has 2 fully saturated rings. The molecule has 2 aliphatic carbocycles. The van der Waals surface area contributed by atoms with Crippen molar-refractivity contribution in [2.45, 2.75) is 43.4 Å². The molecule has 4 nitrogen and oxygen atoms in total. The Kier molecular flexibility index (Phi) is 4.39. The third-order valence-corrected chi connectivity index (χ3v) is 7.14. The number of alkyl halides is 2. The lowest BCUT2D eigenvalue weighted by Gasteiger charge is -2.47. The number of aromatic nitrogens is 2. The minimum atomic E-state index is -2.84. The van der Waals surface area contributed by atoms with Crippen molar-refractivity contribution in [2.75, 3.05) is 7.11 Å². The number of ether oxygens (including phenoxy) is 1. The number of pyridine rings is 2. The molecule has 2 heterocycles. The largest absolute Gasteiger partial charge is 0.493 e. The van der Waals surface area contributed by atoms with Gasteiger partial charge in [-0.1, -0.05) is 6.07 Å². The fourth-order valence-corrected chi connectivity index (χ4v) is 5.39. The Labute approximate surface area is 175 Å². The molecule has 3 aromatic rings. The van der Waals surface area contributed by atoms with E-state index < -0.39 is 34.8 Å². The van der Waals surface area contributed by atoms with Crippen molar-refractivity contribution >= 4 is 10.9 Å². The first-order valence-electron chi connectivity index (χ1n) is 10.1. The lowest BCUT2D eigenvalue weighted by molar-refractivity contribution is -0.199. The van der Waals surface area contributed by atoms with Gasteiger partial charge in [-0.15, -0.1) is 0 Å². The summed E-state index contributed by atoms with van der Waals surface area (Å²) in [6, 6.07) is 5.44. The van der Waals surface area contributed by atoms with Gasteiger partial charge < -0.3 is 9.72 Å². The molecule has 3 atom stereocenters. The van der Waals surface area contributed by atoms with Crippen LogP contribution in [-0.4, -0.2) is 23.0 Å². The van der Waals surface area contributed by atoms with Gasteiger partial charge in [0.15, 0.2) is 17.0 Å². The third kappa shape index (κ3) is 2.87. The molecule has 8 heteroatoms. The minimum Gasteiger partial charge on any atom is -0.493 e. The fourth-order valence-electron chi connectivity index (χ4n) is 5.39. The Morgan fingerprint density at radius 2 is 1.90 bits per heavy atom. The van der Waals surface area contributed by atoms with Crippen LogP contribution < -0.4 is 10.2 Å². The second kappa shape index (κ2) is 6.80. The van der Waals surface area contributed by atoms with Gasteiger partial charge in [0.25, 0.3) is 5.92 Å². The second-order valence-corrected chi connectivity index (χ2v) is 8.60. The van der Waals surface area contributed by atoms with Gasteiger partial charge >= 0.3 is 0 Å². The van der Waals surface area contributed by atoms with Crippen molar-refractivity contribution in [1.29, 1.82) is 0 Å². The highest BCUT2D eigenvalue weighted by Crippen LogP contribution is 2.69. The number of nitrogens with zero attached hydrogens (tertiary/aromatic N) is 1. The molecule has 2 unspecified atom stereocenters. The zero-order valence-corrected chi connectivity index (χ0v) is 16.7. The zero-order valence-electron chi connectivity index (χ0n) is 16.7. The molecule has 2 aromatic heterocycles. The summed E-state index contributed by atoms with van der Waals surface area (Å²) in [6.45, 7) is 0. The average molecular weight is 432 g/mol. The van der Waals surface area contributed by atoms with Crippen LogP contribution in [0.4, 0.5) is 17.6 Å². The summed E-state index contributed by atoms with van der Waals surface area (Å²) in [7, 11) is 1.23. The van der Waals surface area contributed by atoms with Crippen molar-refractivity contribution in [3.63, 3.8) is 0 Å². The Morgan fingerprint density at radius 3 is 2.58 bits per heavy atom. The summed E-state index contributed by atoms with van der Waals surface area (Å²) in [5.41, 5.74) is -0.117. The number of methoxy groups -OCH3 is 1. The van der Waals surface area contributed by atoms with E-state index >= 15 is 0 Å². The van der Waals surface area contributed by atoms with Gasteiger partial charge in [-0.3, -0.25) is 9.78 Å². The van der Waals surface area contributed by atoms with Crippen molar-refractivity contribution in [2.24, 2.45) is 5.41 Å². The summed E-state index contributed by atoms with van der Waals surface area (Å²) in [5, 5.41) is 0.398. The van der Waals surface area contributed by atoms with Crippen LogP contribution in [0.15, 0.2) is 41.5 Å². The van der Waals surface area contributed by atoms with Gasteiger partial charge in [0, 0.05) is 47.5 Å². The van der Waals surface area contributed by atoms with Crippen LogP contribution in [0.5, 0.6) is 5.75 Å². The molecular weight excluding hydrogens is 412 g/mol. The summed E-state index contributed by atoms with van der Waals surface area (Å²) < 4.78 is 62.8. The maximum Gasteiger partial charge on any atom is 0.253 e. The third-order valence-electron chi connectivity index (χ3n) is 7.14. The molecule has 1 aromatic carbocycles. The van der Waals surface area contributed by atoms with Crippen molar-refractivity contribution in [1.82, 2.24) is 9.97 Å². The number of aromatic amines is 1. The Hall–Kier alpha value is -2.90. The molecule has 0 bridgehead atoms. The first kappa shape index (κ1) is 20.0. The predicted octanol–water partition coefficient (Wildman–Crippen LogP) is 5.29. The number of benzene rings is 1. The number of hydrogen-bond acceptors (Lipinski definition) is 3. The summed E-state index contributed by atoms with van der Waals surface area (Å²) in [4.78, 5) is 19.8. The quantitative estimate of drug-likeness (QED) is 0.573. The predicted molar refractivity (Wildman–Crippen MR) is 107 cm³/mol. The summed E-state index contributed by atoms with van der Waals surface area (Å²) in [5.74, 6) is -6.39. The lowest BCUT2D eigenvalue weighted by Crippen LogP contribution is -2.49. The number of rotatable bonds is 3. The number of nitrogens with one attached hydrogen (secondary N) is 1.